The van der Waals surface area contributed by atoms with Gasteiger partial charge in [0.15, 0.2) is 0 Å². The molecule has 15 heavy (non-hydrogen) atoms. The van der Waals surface area contributed by atoms with Crippen molar-refractivity contribution in [3.63, 3.8) is 0 Å². The Morgan fingerprint density at radius 2 is 2.47 bits per heavy atom. The monoisotopic (exact) mass is 213 g/mol. The SMILES string of the molecule is C=COCCCNC1CCOC(CC)C1. The molecule has 3 nitrogen and oxygen atoms in total. The van der Waals surface area contributed by atoms with Gasteiger partial charge >= 0.3 is 0 Å². The van der Waals surface area contributed by atoms with Crippen molar-refractivity contribution < 1.29 is 9.47 Å². The maximum absolute atomic E-state index is 5.62. The highest BCUT2D eigenvalue weighted by molar-refractivity contribution is 4.75. The summed E-state index contributed by atoms with van der Waals surface area (Å²) in [7, 11) is 0. The summed E-state index contributed by atoms with van der Waals surface area (Å²) in [6.07, 6.45) is 6.41. The molecule has 1 rings (SSSR count). The van der Waals surface area contributed by atoms with E-state index in [2.05, 4.69) is 18.8 Å². The molecule has 0 aromatic carbocycles. The minimum Gasteiger partial charge on any atom is -0.502 e. The lowest BCUT2D eigenvalue weighted by Crippen LogP contribution is -2.39. The second-order valence-corrected chi connectivity index (χ2v) is 3.97. The summed E-state index contributed by atoms with van der Waals surface area (Å²) in [5, 5.41) is 3.55. The molecule has 1 aliphatic heterocycles. The molecule has 0 saturated carbocycles. The molecule has 2 unspecified atom stereocenters. The van der Waals surface area contributed by atoms with E-state index in [0.29, 0.717) is 12.1 Å². The lowest BCUT2D eigenvalue weighted by molar-refractivity contribution is -0.000149. The predicted molar refractivity (Wildman–Crippen MR) is 61.8 cm³/mol. The van der Waals surface area contributed by atoms with Crippen molar-refractivity contribution in [3.05, 3.63) is 12.8 Å². The molecule has 2 atom stereocenters. The van der Waals surface area contributed by atoms with E-state index in [1.54, 1.807) is 0 Å². The summed E-state index contributed by atoms with van der Waals surface area (Å²) >= 11 is 0. The van der Waals surface area contributed by atoms with E-state index in [1.807, 2.05) is 0 Å². The third-order valence-electron chi connectivity index (χ3n) is 2.81. The molecule has 88 valence electrons. The van der Waals surface area contributed by atoms with Gasteiger partial charge in [-0.15, -0.1) is 0 Å². The highest BCUT2D eigenvalue weighted by atomic mass is 16.5. The number of hydrogen-bond donors (Lipinski definition) is 1. The first-order valence-corrected chi connectivity index (χ1v) is 5.94. The molecule has 0 bridgehead atoms. The van der Waals surface area contributed by atoms with Crippen molar-refractivity contribution in [2.75, 3.05) is 19.8 Å². The van der Waals surface area contributed by atoms with Crippen molar-refractivity contribution in [3.8, 4) is 0 Å². The summed E-state index contributed by atoms with van der Waals surface area (Å²) in [5.74, 6) is 0. The molecule has 1 aliphatic rings. The smallest absolute Gasteiger partial charge is 0.0885 e. The highest BCUT2D eigenvalue weighted by Gasteiger charge is 2.20. The van der Waals surface area contributed by atoms with E-state index >= 15 is 0 Å². The van der Waals surface area contributed by atoms with Gasteiger partial charge in [0.2, 0.25) is 0 Å². The van der Waals surface area contributed by atoms with Gasteiger partial charge in [0, 0.05) is 12.6 Å². The Bertz CT molecular complexity index is 173. The summed E-state index contributed by atoms with van der Waals surface area (Å²) in [6.45, 7) is 8.38. The van der Waals surface area contributed by atoms with Gasteiger partial charge in [0.25, 0.3) is 0 Å². The van der Waals surface area contributed by atoms with Crippen LogP contribution in [0.2, 0.25) is 0 Å². The van der Waals surface area contributed by atoms with Gasteiger partial charge in [-0.05, 0) is 32.2 Å². The van der Waals surface area contributed by atoms with Gasteiger partial charge in [-0.25, -0.2) is 0 Å². The van der Waals surface area contributed by atoms with Crippen LogP contribution in [0.4, 0.5) is 0 Å². The maximum Gasteiger partial charge on any atom is 0.0885 e. The summed E-state index contributed by atoms with van der Waals surface area (Å²) in [6, 6.07) is 0.632. The molecule has 0 spiro atoms. The maximum atomic E-state index is 5.62. The average Bonchev–Trinajstić information content (AvgIpc) is 2.29. The zero-order valence-corrected chi connectivity index (χ0v) is 9.71. The van der Waals surface area contributed by atoms with E-state index < -0.39 is 0 Å². The Balaban J connectivity index is 2.02. The van der Waals surface area contributed by atoms with Crippen molar-refractivity contribution in [1.82, 2.24) is 5.32 Å². The topological polar surface area (TPSA) is 30.5 Å². The molecule has 0 amide bonds. The highest BCUT2D eigenvalue weighted by Crippen LogP contribution is 2.15. The third kappa shape index (κ3) is 5.19. The minimum absolute atomic E-state index is 0.459. The Kier molecular flexibility index (Phi) is 6.44. The molecule has 1 N–H and O–H groups in total. The lowest BCUT2D eigenvalue weighted by Gasteiger charge is -2.29. The Morgan fingerprint density at radius 3 is 3.20 bits per heavy atom. The van der Waals surface area contributed by atoms with Gasteiger partial charge in [-0.2, -0.15) is 0 Å². The van der Waals surface area contributed by atoms with Gasteiger partial charge < -0.3 is 14.8 Å². The van der Waals surface area contributed by atoms with Crippen molar-refractivity contribution in [2.24, 2.45) is 0 Å². The molecule has 0 aromatic rings. The van der Waals surface area contributed by atoms with Crippen LogP contribution in [0.25, 0.3) is 0 Å². The fourth-order valence-corrected chi connectivity index (χ4v) is 1.90. The van der Waals surface area contributed by atoms with Crippen LogP contribution in [0.15, 0.2) is 12.8 Å². The van der Waals surface area contributed by atoms with Crippen LogP contribution < -0.4 is 5.32 Å². The molecule has 1 fully saturated rings. The quantitative estimate of drug-likeness (QED) is 0.519. The molecule has 0 aliphatic carbocycles. The second kappa shape index (κ2) is 7.71. The number of rotatable bonds is 7. The van der Waals surface area contributed by atoms with Gasteiger partial charge in [-0.1, -0.05) is 13.5 Å². The van der Waals surface area contributed by atoms with E-state index in [9.17, 15) is 0 Å². The first kappa shape index (κ1) is 12.5. The van der Waals surface area contributed by atoms with Crippen LogP contribution in [0.3, 0.4) is 0 Å². The minimum atomic E-state index is 0.459. The van der Waals surface area contributed by atoms with Crippen LogP contribution in [0.5, 0.6) is 0 Å². The zero-order valence-electron chi connectivity index (χ0n) is 9.71. The number of ether oxygens (including phenoxy) is 2. The van der Waals surface area contributed by atoms with Crippen molar-refractivity contribution >= 4 is 0 Å². The van der Waals surface area contributed by atoms with Crippen molar-refractivity contribution in [2.45, 2.75) is 44.8 Å². The van der Waals surface area contributed by atoms with Crippen LogP contribution in [0.1, 0.15) is 32.6 Å². The molecule has 3 heteroatoms. The van der Waals surface area contributed by atoms with Crippen LogP contribution in [-0.2, 0) is 9.47 Å². The number of hydrogen-bond acceptors (Lipinski definition) is 3. The summed E-state index contributed by atoms with van der Waals surface area (Å²) in [4.78, 5) is 0. The molecule has 1 heterocycles. The first-order chi connectivity index (χ1) is 7.36. The van der Waals surface area contributed by atoms with E-state index in [0.717, 1.165) is 45.4 Å². The molecular formula is C12H23NO2. The number of nitrogens with one attached hydrogen (secondary N) is 1. The van der Waals surface area contributed by atoms with Crippen LogP contribution >= 0.6 is 0 Å². The fraction of sp³-hybridized carbons (Fsp3) is 0.833. The normalized spacial score (nSPS) is 26.2. The molecule has 0 aromatic heterocycles. The predicted octanol–water partition coefficient (Wildman–Crippen LogP) is 2.08. The zero-order chi connectivity index (χ0) is 10.9. The van der Waals surface area contributed by atoms with E-state index in [1.165, 1.54) is 6.26 Å². The lowest BCUT2D eigenvalue weighted by atomic mass is 10.0. The summed E-state index contributed by atoms with van der Waals surface area (Å²) < 4.78 is 10.7. The fourth-order valence-electron chi connectivity index (χ4n) is 1.90. The van der Waals surface area contributed by atoms with Gasteiger partial charge in [0.05, 0.1) is 19.0 Å². The standard InChI is InChI=1S/C12H23NO2/c1-3-12-10-11(6-9-15-12)13-7-5-8-14-4-2/h4,11-13H,2-3,5-10H2,1H3. The summed E-state index contributed by atoms with van der Waals surface area (Å²) in [5.41, 5.74) is 0. The van der Waals surface area contributed by atoms with Crippen LogP contribution in [0, 0.1) is 0 Å². The first-order valence-electron chi connectivity index (χ1n) is 5.94. The Hall–Kier alpha value is -0.540. The molecular weight excluding hydrogens is 190 g/mol. The van der Waals surface area contributed by atoms with E-state index in [4.69, 9.17) is 9.47 Å². The second-order valence-electron chi connectivity index (χ2n) is 3.97. The molecule has 1 saturated heterocycles. The third-order valence-corrected chi connectivity index (χ3v) is 2.81. The Labute approximate surface area is 92.8 Å². The largest absolute Gasteiger partial charge is 0.502 e. The van der Waals surface area contributed by atoms with Crippen molar-refractivity contribution in [1.29, 1.82) is 0 Å². The average molecular weight is 213 g/mol. The Morgan fingerprint density at radius 1 is 1.60 bits per heavy atom. The van der Waals surface area contributed by atoms with Crippen LogP contribution in [-0.4, -0.2) is 31.9 Å². The van der Waals surface area contributed by atoms with Gasteiger partial charge in [0.1, 0.15) is 0 Å². The van der Waals surface area contributed by atoms with Gasteiger partial charge in [-0.3, -0.25) is 0 Å². The van der Waals surface area contributed by atoms with E-state index in [-0.39, 0.29) is 0 Å². The molecule has 0 radical (unpaired) electrons.